The molecule has 3 aliphatic rings. The Morgan fingerprint density at radius 3 is 2.50 bits per heavy atom. The Balaban J connectivity index is 0.000000750. The molecule has 0 unspecified atom stereocenters. The van der Waals surface area contributed by atoms with Crippen LogP contribution in [0.15, 0.2) is 0 Å². The number of fused-ring (bicyclic) bond motifs is 3. The summed E-state index contributed by atoms with van der Waals surface area (Å²) in [6.07, 6.45) is 8.71. The molecule has 0 aliphatic heterocycles. The van der Waals surface area contributed by atoms with Crippen molar-refractivity contribution >= 4 is 12.4 Å². The predicted octanol–water partition coefficient (Wildman–Crippen LogP) is 2.97. The zero-order valence-corrected chi connectivity index (χ0v) is 9.85. The third-order valence-corrected chi connectivity index (χ3v) is 5.29. The lowest BCUT2D eigenvalue weighted by atomic mass is 9.68. The van der Waals surface area contributed by atoms with Crippen LogP contribution in [0.5, 0.6) is 0 Å². The zero-order chi connectivity index (χ0) is 9.05. The van der Waals surface area contributed by atoms with Crippen LogP contribution >= 0.6 is 12.4 Å². The molecule has 0 heterocycles. The fraction of sp³-hybridized carbons (Fsp3) is 1.00. The number of hydrogen-bond donors (Lipinski definition) is 1. The van der Waals surface area contributed by atoms with Crippen molar-refractivity contribution in [3.05, 3.63) is 0 Å². The molecule has 3 saturated carbocycles. The van der Waals surface area contributed by atoms with Gasteiger partial charge in [0, 0.05) is 6.04 Å². The zero-order valence-electron chi connectivity index (χ0n) is 9.04. The highest BCUT2D eigenvalue weighted by atomic mass is 35.5. The van der Waals surface area contributed by atoms with E-state index in [1.165, 1.54) is 38.5 Å². The predicted molar refractivity (Wildman–Crippen MR) is 61.5 cm³/mol. The van der Waals surface area contributed by atoms with Crippen LogP contribution in [0.25, 0.3) is 0 Å². The Morgan fingerprint density at radius 2 is 2.00 bits per heavy atom. The smallest absolute Gasteiger partial charge is 0.0127 e. The first-order valence-electron chi connectivity index (χ1n) is 5.98. The lowest BCUT2D eigenvalue weighted by Crippen LogP contribution is -2.44. The number of rotatable bonds is 0. The van der Waals surface area contributed by atoms with Crippen molar-refractivity contribution in [3.63, 3.8) is 0 Å². The van der Waals surface area contributed by atoms with Gasteiger partial charge in [-0.05, 0) is 55.3 Å². The largest absolute Gasteiger partial charge is 0.327 e. The minimum Gasteiger partial charge on any atom is -0.327 e. The molecule has 82 valence electrons. The highest BCUT2D eigenvalue weighted by molar-refractivity contribution is 5.85. The van der Waals surface area contributed by atoms with Crippen LogP contribution in [0.3, 0.4) is 0 Å². The monoisotopic (exact) mass is 215 g/mol. The van der Waals surface area contributed by atoms with E-state index in [0.717, 1.165) is 17.8 Å². The minimum atomic E-state index is 0. The van der Waals surface area contributed by atoms with E-state index in [2.05, 4.69) is 6.92 Å². The normalized spacial score (nSPS) is 55.3. The van der Waals surface area contributed by atoms with E-state index in [1.54, 1.807) is 0 Å². The van der Waals surface area contributed by atoms with Gasteiger partial charge in [-0.3, -0.25) is 0 Å². The van der Waals surface area contributed by atoms with E-state index in [1.807, 2.05) is 0 Å². The van der Waals surface area contributed by atoms with Crippen LogP contribution in [0, 0.1) is 23.2 Å². The topological polar surface area (TPSA) is 26.0 Å². The van der Waals surface area contributed by atoms with Crippen LogP contribution in [0.4, 0.5) is 0 Å². The fourth-order valence-corrected chi connectivity index (χ4v) is 4.65. The van der Waals surface area contributed by atoms with Crippen LogP contribution in [-0.2, 0) is 0 Å². The van der Waals surface area contributed by atoms with Crippen molar-refractivity contribution < 1.29 is 0 Å². The van der Waals surface area contributed by atoms with E-state index in [4.69, 9.17) is 5.73 Å². The summed E-state index contributed by atoms with van der Waals surface area (Å²) in [5.41, 5.74) is 7.04. The van der Waals surface area contributed by atoms with E-state index in [0.29, 0.717) is 11.5 Å². The van der Waals surface area contributed by atoms with Crippen molar-refractivity contribution in [1.29, 1.82) is 0 Å². The molecular weight excluding hydrogens is 194 g/mol. The fourth-order valence-electron chi connectivity index (χ4n) is 4.65. The Labute approximate surface area is 93.2 Å². The molecular formula is C12H22ClN. The van der Waals surface area contributed by atoms with Gasteiger partial charge in [-0.1, -0.05) is 13.3 Å². The highest BCUT2D eigenvalue weighted by Gasteiger charge is 2.58. The standard InChI is InChI=1S/C12H21N.ClH/c1-8-4-5-12(7-8)10-3-2-9(6-10)11(12)13;/h8-11H,2-7,13H2,1H3;1H/t8-,9-,10+,11-,12+;/m0./s1. The summed E-state index contributed by atoms with van der Waals surface area (Å²) >= 11 is 0. The molecule has 0 amide bonds. The van der Waals surface area contributed by atoms with E-state index in [-0.39, 0.29) is 12.4 Å². The molecule has 14 heavy (non-hydrogen) atoms. The molecule has 0 radical (unpaired) electrons. The summed E-state index contributed by atoms with van der Waals surface area (Å²) in [4.78, 5) is 0. The second kappa shape index (κ2) is 3.38. The first-order valence-corrected chi connectivity index (χ1v) is 5.98. The highest BCUT2D eigenvalue weighted by Crippen LogP contribution is 2.62. The van der Waals surface area contributed by atoms with Gasteiger partial charge in [-0.15, -0.1) is 12.4 Å². The Morgan fingerprint density at radius 1 is 1.21 bits per heavy atom. The molecule has 1 nitrogen and oxygen atoms in total. The minimum absolute atomic E-state index is 0. The lowest BCUT2D eigenvalue weighted by molar-refractivity contribution is 0.134. The first kappa shape index (κ1) is 10.8. The second-order valence-electron chi connectivity index (χ2n) is 5.88. The van der Waals surface area contributed by atoms with Gasteiger partial charge >= 0.3 is 0 Å². The van der Waals surface area contributed by atoms with Gasteiger partial charge in [0.05, 0.1) is 0 Å². The molecule has 2 N–H and O–H groups in total. The van der Waals surface area contributed by atoms with Gasteiger partial charge in [0.15, 0.2) is 0 Å². The van der Waals surface area contributed by atoms with E-state index < -0.39 is 0 Å². The summed E-state index contributed by atoms with van der Waals surface area (Å²) in [5, 5.41) is 0. The summed E-state index contributed by atoms with van der Waals surface area (Å²) in [7, 11) is 0. The average molecular weight is 216 g/mol. The van der Waals surface area contributed by atoms with Gasteiger partial charge in [0.25, 0.3) is 0 Å². The summed E-state index contributed by atoms with van der Waals surface area (Å²) in [5.74, 6) is 2.86. The Kier molecular flexibility index (Phi) is 2.60. The molecule has 3 rings (SSSR count). The van der Waals surface area contributed by atoms with Gasteiger partial charge < -0.3 is 5.73 Å². The van der Waals surface area contributed by atoms with Crippen LogP contribution < -0.4 is 5.73 Å². The van der Waals surface area contributed by atoms with Gasteiger partial charge in [0.1, 0.15) is 0 Å². The number of nitrogens with two attached hydrogens (primary N) is 1. The van der Waals surface area contributed by atoms with E-state index in [9.17, 15) is 0 Å². The molecule has 0 aromatic rings. The van der Waals surface area contributed by atoms with Crippen LogP contribution in [0.1, 0.15) is 45.4 Å². The molecule has 3 fully saturated rings. The van der Waals surface area contributed by atoms with Crippen molar-refractivity contribution in [1.82, 2.24) is 0 Å². The number of halogens is 1. The third-order valence-electron chi connectivity index (χ3n) is 5.29. The van der Waals surface area contributed by atoms with Crippen molar-refractivity contribution in [2.45, 2.75) is 51.5 Å². The summed E-state index contributed by atoms with van der Waals surface area (Å²) in [6, 6.07) is 0.566. The average Bonchev–Trinajstić information content (AvgIpc) is 2.73. The van der Waals surface area contributed by atoms with Crippen LogP contribution in [-0.4, -0.2) is 6.04 Å². The van der Waals surface area contributed by atoms with Gasteiger partial charge in [-0.2, -0.15) is 0 Å². The molecule has 5 atom stereocenters. The quantitative estimate of drug-likeness (QED) is 0.661. The number of hydrogen-bond acceptors (Lipinski definition) is 1. The van der Waals surface area contributed by atoms with Gasteiger partial charge in [0.2, 0.25) is 0 Å². The first-order chi connectivity index (χ1) is 6.22. The van der Waals surface area contributed by atoms with Crippen molar-refractivity contribution in [2.24, 2.45) is 28.9 Å². The molecule has 1 spiro atoms. The van der Waals surface area contributed by atoms with Crippen molar-refractivity contribution in [3.8, 4) is 0 Å². The molecule has 2 bridgehead atoms. The van der Waals surface area contributed by atoms with Crippen molar-refractivity contribution in [2.75, 3.05) is 0 Å². The lowest BCUT2D eigenvalue weighted by Gasteiger charge is -2.39. The molecule has 0 aromatic carbocycles. The van der Waals surface area contributed by atoms with Gasteiger partial charge in [-0.25, -0.2) is 0 Å². The SMILES string of the molecule is C[C@H]1CC[C@@]2(C1)[C@@H]1CC[C@@H](C1)[C@@H]2N.Cl. The third kappa shape index (κ3) is 1.18. The maximum absolute atomic E-state index is 6.42. The Hall–Kier alpha value is 0.250. The second-order valence-corrected chi connectivity index (χ2v) is 5.88. The summed E-state index contributed by atoms with van der Waals surface area (Å²) < 4.78 is 0. The summed E-state index contributed by atoms with van der Waals surface area (Å²) in [6.45, 7) is 2.41. The molecule has 0 aromatic heterocycles. The Bertz CT molecular complexity index is 226. The maximum Gasteiger partial charge on any atom is 0.0127 e. The molecule has 2 heteroatoms. The van der Waals surface area contributed by atoms with Crippen LogP contribution in [0.2, 0.25) is 0 Å². The molecule has 3 aliphatic carbocycles. The van der Waals surface area contributed by atoms with E-state index >= 15 is 0 Å². The molecule has 0 saturated heterocycles. The maximum atomic E-state index is 6.42.